The van der Waals surface area contributed by atoms with Gasteiger partial charge in [-0.3, -0.25) is 10.1 Å². The first-order valence-electron chi connectivity index (χ1n) is 7.75. The Kier molecular flexibility index (Phi) is 4.73. The molecule has 1 unspecified atom stereocenters. The van der Waals surface area contributed by atoms with Gasteiger partial charge in [-0.25, -0.2) is 12.9 Å². The highest BCUT2D eigenvalue weighted by atomic mass is 32.2. The van der Waals surface area contributed by atoms with Gasteiger partial charge >= 0.3 is 0 Å². The van der Waals surface area contributed by atoms with Gasteiger partial charge in [-0.05, 0) is 42.3 Å². The molecule has 25 heavy (non-hydrogen) atoms. The molecule has 0 radical (unpaired) electrons. The molecule has 0 saturated carbocycles. The van der Waals surface area contributed by atoms with Crippen molar-refractivity contribution < 1.29 is 13.5 Å². The number of nitro groups is 1. The van der Waals surface area contributed by atoms with Crippen molar-refractivity contribution in [3.63, 3.8) is 0 Å². The van der Waals surface area contributed by atoms with E-state index in [1.54, 1.807) is 16.4 Å². The molecule has 1 aliphatic heterocycles. The summed E-state index contributed by atoms with van der Waals surface area (Å²) in [7, 11) is -2.69. The maximum absolute atomic E-state index is 13.1. The van der Waals surface area contributed by atoms with Crippen molar-refractivity contribution in [1.82, 2.24) is 4.31 Å². The van der Waals surface area contributed by atoms with Gasteiger partial charge in [0.05, 0.1) is 14.6 Å². The lowest BCUT2D eigenvalue weighted by atomic mass is 10.2. The fourth-order valence-corrected chi connectivity index (χ4v) is 4.44. The van der Waals surface area contributed by atoms with Gasteiger partial charge in [-0.2, -0.15) is 0 Å². The van der Waals surface area contributed by atoms with Crippen LogP contribution in [0.5, 0.6) is 0 Å². The van der Waals surface area contributed by atoms with Gasteiger partial charge in [-0.1, -0.05) is 0 Å². The molecule has 0 spiro atoms. The van der Waals surface area contributed by atoms with E-state index in [9.17, 15) is 18.7 Å². The second-order valence-electron chi connectivity index (χ2n) is 5.78. The molecule has 2 aromatic rings. The minimum absolute atomic E-state index is 0.0416. The Hall–Kier alpha value is -2.45. The first-order chi connectivity index (χ1) is 11.9. The molecular weight excluding hydrogens is 345 g/mol. The largest absolute Gasteiger partial charge is 0.369 e. The number of benzene rings is 2. The maximum atomic E-state index is 13.1. The van der Waals surface area contributed by atoms with E-state index in [1.807, 2.05) is 0 Å². The van der Waals surface area contributed by atoms with Gasteiger partial charge in [0.15, 0.2) is 0 Å². The molecule has 0 N–H and O–H groups in total. The number of anilines is 1. The van der Waals surface area contributed by atoms with Crippen LogP contribution in [0.2, 0.25) is 0 Å². The highest BCUT2D eigenvalue weighted by molar-refractivity contribution is 7.98. The summed E-state index contributed by atoms with van der Waals surface area (Å²) in [5.41, 5.74) is 0.882. The number of piperazine rings is 1. The third-order valence-electron chi connectivity index (χ3n) is 4.26. The van der Waals surface area contributed by atoms with Gasteiger partial charge in [0.2, 0.25) is 0 Å². The summed E-state index contributed by atoms with van der Waals surface area (Å²) in [6, 6.07) is 12.0. The van der Waals surface area contributed by atoms with E-state index in [1.165, 1.54) is 36.4 Å². The summed E-state index contributed by atoms with van der Waals surface area (Å²) < 4.78 is 27.9. The van der Waals surface area contributed by atoms with E-state index in [4.69, 9.17) is 0 Å². The molecule has 8 heteroatoms. The Labute approximate surface area is 145 Å². The zero-order valence-electron chi connectivity index (χ0n) is 13.5. The lowest BCUT2D eigenvalue weighted by Crippen LogP contribution is -2.48. The summed E-state index contributed by atoms with van der Waals surface area (Å²) in [6.07, 6.45) is 0. The third-order valence-corrected chi connectivity index (χ3v) is 6.47. The molecule has 1 atom stereocenters. The minimum atomic E-state index is -2.69. The minimum Gasteiger partial charge on any atom is -0.369 e. The summed E-state index contributed by atoms with van der Waals surface area (Å²) in [4.78, 5) is 12.8. The Morgan fingerprint density at radius 1 is 1.00 bits per heavy atom. The number of nitrogens with zero attached hydrogens (tertiary/aromatic N) is 3. The van der Waals surface area contributed by atoms with Gasteiger partial charge in [0, 0.05) is 48.9 Å². The number of non-ortho nitro benzene ring substituents is 1. The molecule has 0 aliphatic carbocycles. The highest BCUT2D eigenvalue weighted by Crippen LogP contribution is 2.23. The monoisotopic (exact) mass is 363 g/mol. The average molecular weight is 363 g/mol. The Morgan fingerprint density at radius 3 is 2.08 bits per heavy atom. The highest BCUT2D eigenvalue weighted by Gasteiger charge is 2.24. The first-order valence-corrected chi connectivity index (χ1v) is 9.44. The van der Waals surface area contributed by atoms with Crippen LogP contribution in [0.4, 0.5) is 15.8 Å². The van der Waals surface area contributed by atoms with Crippen LogP contribution in [0.3, 0.4) is 0 Å². The van der Waals surface area contributed by atoms with Crippen LogP contribution in [0.15, 0.2) is 53.4 Å². The van der Waals surface area contributed by atoms with E-state index < -0.39 is 14.6 Å². The summed E-state index contributed by atoms with van der Waals surface area (Å²) in [5, 5.41) is 10.7. The fraction of sp³-hybridized carbons (Fsp3) is 0.235. The van der Waals surface area contributed by atoms with Crippen LogP contribution in [-0.2, 0) is 9.71 Å². The molecule has 3 rings (SSSR count). The standard InChI is InChI=1S/C17H18FN3O3S/c1-25(24,17-8-6-16(7-9-17)21(22)23)20-12-10-19(11-13-20)15-4-2-14(18)3-5-15/h2-9H,1,10-13H2. The molecule has 0 aromatic heterocycles. The van der Waals surface area contributed by atoms with Crippen molar-refractivity contribution in [2.75, 3.05) is 31.1 Å². The van der Waals surface area contributed by atoms with Crippen LogP contribution in [0.1, 0.15) is 0 Å². The molecule has 0 amide bonds. The van der Waals surface area contributed by atoms with Crippen LogP contribution in [0.25, 0.3) is 0 Å². The van der Waals surface area contributed by atoms with Gasteiger partial charge in [0.1, 0.15) is 5.82 Å². The fourth-order valence-electron chi connectivity index (χ4n) is 2.82. The normalized spacial score (nSPS) is 17.9. The van der Waals surface area contributed by atoms with Crippen molar-refractivity contribution in [3.05, 3.63) is 64.5 Å². The zero-order valence-corrected chi connectivity index (χ0v) is 14.3. The molecule has 0 bridgehead atoms. The predicted octanol–water partition coefficient (Wildman–Crippen LogP) is 2.55. The average Bonchev–Trinajstić information content (AvgIpc) is 2.62. The maximum Gasteiger partial charge on any atom is 0.269 e. The van der Waals surface area contributed by atoms with Crippen molar-refractivity contribution >= 4 is 27.0 Å². The molecular formula is C17H18FN3O3S. The van der Waals surface area contributed by atoms with E-state index in [0.29, 0.717) is 31.1 Å². The Morgan fingerprint density at radius 2 is 1.56 bits per heavy atom. The van der Waals surface area contributed by atoms with Crippen molar-refractivity contribution in [3.8, 4) is 0 Å². The van der Waals surface area contributed by atoms with E-state index in [-0.39, 0.29) is 11.5 Å². The second kappa shape index (κ2) is 6.81. The van der Waals surface area contributed by atoms with Crippen molar-refractivity contribution in [2.24, 2.45) is 0 Å². The van der Waals surface area contributed by atoms with Gasteiger partial charge in [0.25, 0.3) is 5.69 Å². The number of halogens is 1. The number of hydrogen-bond donors (Lipinski definition) is 0. The topological polar surface area (TPSA) is 66.7 Å². The SMILES string of the molecule is C=S(=O)(c1ccc([N+](=O)[O-])cc1)N1CCN(c2ccc(F)cc2)CC1. The van der Waals surface area contributed by atoms with Gasteiger partial charge in [-0.15, -0.1) is 0 Å². The van der Waals surface area contributed by atoms with Crippen LogP contribution >= 0.6 is 0 Å². The summed E-state index contributed by atoms with van der Waals surface area (Å²) >= 11 is 0. The molecule has 1 fully saturated rings. The van der Waals surface area contributed by atoms with Crippen molar-refractivity contribution in [1.29, 1.82) is 0 Å². The quantitative estimate of drug-likeness (QED) is 0.476. The summed E-state index contributed by atoms with van der Waals surface area (Å²) in [6.45, 7) is 2.36. The van der Waals surface area contributed by atoms with Crippen LogP contribution < -0.4 is 4.90 Å². The molecule has 1 aliphatic rings. The molecule has 1 saturated heterocycles. The lowest BCUT2D eigenvalue weighted by molar-refractivity contribution is -0.384. The van der Waals surface area contributed by atoms with Crippen molar-refractivity contribution in [2.45, 2.75) is 4.90 Å². The third kappa shape index (κ3) is 3.64. The molecule has 132 valence electrons. The molecule has 1 heterocycles. The number of rotatable bonds is 4. The molecule has 2 aromatic carbocycles. The Balaban J connectivity index is 1.70. The molecule has 6 nitrogen and oxygen atoms in total. The van der Waals surface area contributed by atoms with E-state index in [0.717, 1.165) is 5.69 Å². The van der Waals surface area contributed by atoms with Crippen LogP contribution in [0, 0.1) is 15.9 Å². The predicted molar refractivity (Wildman–Crippen MR) is 96.8 cm³/mol. The number of hydrogen-bond acceptors (Lipinski definition) is 4. The smallest absolute Gasteiger partial charge is 0.269 e. The second-order valence-corrected chi connectivity index (χ2v) is 8.05. The van der Waals surface area contributed by atoms with E-state index in [2.05, 4.69) is 10.8 Å². The van der Waals surface area contributed by atoms with Crippen LogP contribution in [-0.4, -0.2) is 45.5 Å². The Bertz CT molecular complexity index is 859. The van der Waals surface area contributed by atoms with E-state index >= 15 is 0 Å². The first kappa shape index (κ1) is 17.4. The zero-order chi connectivity index (χ0) is 18.0. The lowest BCUT2D eigenvalue weighted by Gasteiger charge is -2.37. The van der Waals surface area contributed by atoms with Gasteiger partial charge < -0.3 is 4.90 Å². The number of nitro benzene ring substituents is 1. The summed E-state index contributed by atoms with van der Waals surface area (Å²) in [5.74, 6) is 3.59.